The third kappa shape index (κ3) is 6.33. The Labute approximate surface area is 161 Å². The van der Waals surface area contributed by atoms with Crippen LogP contribution < -0.4 is 22.5 Å². The molecule has 2 aromatic carbocycles. The molecule has 140 valence electrons. The van der Waals surface area contributed by atoms with Gasteiger partial charge in [-0.05, 0) is 36.9 Å². The number of hydrogen-bond donors (Lipinski definition) is 1. The number of amides is 1. The van der Waals surface area contributed by atoms with Crippen molar-refractivity contribution in [2.24, 2.45) is 0 Å². The maximum Gasteiger partial charge on any atom is 0.238 e. The summed E-state index contributed by atoms with van der Waals surface area (Å²) in [5, 5.41) is 2.95. The fraction of sp³-hybridized carbons (Fsp3) is 0.350. The molecule has 1 saturated heterocycles. The van der Waals surface area contributed by atoms with Gasteiger partial charge in [-0.15, -0.1) is 0 Å². The first-order chi connectivity index (χ1) is 12.2. The van der Waals surface area contributed by atoms with Gasteiger partial charge in [0.2, 0.25) is 5.91 Å². The van der Waals surface area contributed by atoms with Gasteiger partial charge in [0.1, 0.15) is 12.4 Å². The van der Waals surface area contributed by atoms with Gasteiger partial charge in [0, 0.05) is 31.9 Å². The average molecular weight is 375 g/mol. The summed E-state index contributed by atoms with van der Waals surface area (Å²) < 4.78 is 5.76. The zero-order chi connectivity index (χ0) is 17.5. The Bertz CT molecular complexity index is 671. The van der Waals surface area contributed by atoms with Crippen molar-refractivity contribution in [3.8, 4) is 5.75 Å². The molecule has 2 aromatic rings. The summed E-state index contributed by atoms with van der Waals surface area (Å²) in [6, 6.07) is 17.6. The first-order valence-electron chi connectivity index (χ1n) is 8.66. The van der Waals surface area contributed by atoms with Gasteiger partial charge in [0.25, 0.3) is 0 Å². The Morgan fingerprint density at radius 3 is 2.31 bits per heavy atom. The standard InChI is InChI=1S/C20H25N3O2.ClH/c1-22-11-13-23(14-12-22)15-20(24)21-18-7-9-19(10-8-18)25-16-17-5-3-2-4-6-17;/h2-10H,11-16H2,1H3,(H,21,24);1H/p-1. The molecule has 1 aliphatic heterocycles. The molecule has 6 heteroatoms. The number of anilines is 1. The average Bonchev–Trinajstić information content (AvgIpc) is 2.64. The summed E-state index contributed by atoms with van der Waals surface area (Å²) in [5.74, 6) is 0.823. The van der Waals surface area contributed by atoms with Crippen molar-refractivity contribution in [1.29, 1.82) is 0 Å². The Balaban J connectivity index is 0.00000243. The zero-order valence-electron chi connectivity index (χ0n) is 15.0. The number of benzene rings is 2. The number of piperazine rings is 1. The molecule has 3 rings (SSSR count). The molecule has 0 spiro atoms. The maximum absolute atomic E-state index is 12.2. The molecule has 0 atom stereocenters. The van der Waals surface area contributed by atoms with Crippen LogP contribution in [0.15, 0.2) is 54.6 Å². The topological polar surface area (TPSA) is 44.8 Å². The molecule has 1 amide bonds. The minimum Gasteiger partial charge on any atom is -1.00 e. The van der Waals surface area contributed by atoms with Crippen LogP contribution in [0.3, 0.4) is 0 Å². The molecule has 0 bridgehead atoms. The van der Waals surface area contributed by atoms with Crippen LogP contribution in [0, 0.1) is 0 Å². The van der Waals surface area contributed by atoms with Crippen molar-refractivity contribution in [3.05, 3.63) is 60.2 Å². The van der Waals surface area contributed by atoms with E-state index < -0.39 is 0 Å². The van der Waals surface area contributed by atoms with Crippen molar-refractivity contribution in [2.45, 2.75) is 6.61 Å². The Morgan fingerprint density at radius 2 is 1.65 bits per heavy atom. The predicted octanol–water partition coefficient (Wildman–Crippen LogP) is -0.544. The first kappa shape index (κ1) is 20.2. The minimum absolute atomic E-state index is 0. The monoisotopic (exact) mass is 374 g/mol. The van der Waals surface area contributed by atoms with Gasteiger partial charge in [-0.3, -0.25) is 9.69 Å². The van der Waals surface area contributed by atoms with Gasteiger partial charge in [-0.2, -0.15) is 0 Å². The van der Waals surface area contributed by atoms with Crippen LogP contribution in [0.4, 0.5) is 5.69 Å². The van der Waals surface area contributed by atoms with Crippen LogP contribution in [0.1, 0.15) is 5.56 Å². The second kappa shape index (κ2) is 10.2. The number of rotatable bonds is 6. The Morgan fingerprint density at radius 1 is 1.00 bits per heavy atom. The summed E-state index contributed by atoms with van der Waals surface area (Å²) in [7, 11) is 2.11. The third-order valence-corrected chi connectivity index (χ3v) is 4.35. The molecule has 1 fully saturated rings. The van der Waals surface area contributed by atoms with E-state index in [9.17, 15) is 4.79 Å². The second-order valence-electron chi connectivity index (χ2n) is 6.43. The molecule has 0 aliphatic carbocycles. The minimum atomic E-state index is 0. The van der Waals surface area contributed by atoms with E-state index in [-0.39, 0.29) is 18.3 Å². The largest absolute Gasteiger partial charge is 1.00 e. The lowest BCUT2D eigenvalue weighted by Crippen LogP contribution is -3.00. The first-order valence-corrected chi connectivity index (χ1v) is 8.66. The van der Waals surface area contributed by atoms with Gasteiger partial charge in [-0.25, -0.2) is 0 Å². The third-order valence-electron chi connectivity index (χ3n) is 4.35. The SMILES string of the molecule is CN1CCN(CC(=O)Nc2ccc(OCc3ccccc3)cc2)CC1.[Cl-]. The highest BCUT2D eigenvalue weighted by molar-refractivity contribution is 5.92. The number of carbonyl (C=O) groups excluding carboxylic acids is 1. The van der Waals surface area contributed by atoms with Gasteiger partial charge in [0.05, 0.1) is 6.54 Å². The summed E-state index contributed by atoms with van der Waals surface area (Å²) >= 11 is 0. The van der Waals surface area contributed by atoms with Crippen molar-refractivity contribution < 1.29 is 21.9 Å². The highest BCUT2D eigenvalue weighted by atomic mass is 35.5. The second-order valence-corrected chi connectivity index (χ2v) is 6.43. The molecule has 1 heterocycles. The highest BCUT2D eigenvalue weighted by Crippen LogP contribution is 2.17. The lowest BCUT2D eigenvalue weighted by Gasteiger charge is -2.31. The molecule has 5 nitrogen and oxygen atoms in total. The number of likely N-dealkylation sites (N-methyl/N-ethyl adjacent to an activating group) is 1. The lowest BCUT2D eigenvalue weighted by molar-refractivity contribution is -0.117. The van der Waals surface area contributed by atoms with Gasteiger partial charge < -0.3 is 27.4 Å². The molecular formula is C20H25ClN3O2-. The number of hydrogen-bond acceptors (Lipinski definition) is 4. The van der Waals surface area contributed by atoms with Crippen LogP contribution in [-0.2, 0) is 11.4 Å². The van der Waals surface area contributed by atoms with Crippen LogP contribution in [0.5, 0.6) is 5.75 Å². The fourth-order valence-electron chi connectivity index (χ4n) is 2.78. The molecule has 0 unspecified atom stereocenters. The lowest BCUT2D eigenvalue weighted by atomic mass is 10.2. The maximum atomic E-state index is 12.2. The van der Waals surface area contributed by atoms with E-state index in [1.54, 1.807) is 0 Å². The molecule has 26 heavy (non-hydrogen) atoms. The van der Waals surface area contributed by atoms with Gasteiger partial charge >= 0.3 is 0 Å². The number of carbonyl (C=O) groups is 1. The molecule has 1 aliphatic rings. The van der Waals surface area contributed by atoms with E-state index in [4.69, 9.17) is 4.74 Å². The normalized spacial score (nSPS) is 15.1. The van der Waals surface area contributed by atoms with E-state index >= 15 is 0 Å². The summed E-state index contributed by atoms with van der Waals surface area (Å²) in [6.07, 6.45) is 0. The van der Waals surface area contributed by atoms with E-state index in [0.29, 0.717) is 13.2 Å². The highest BCUT2D eigenvalue weighted by Gasteiger charge is 2.16. The summed E-state index contributed by atoms with van der Waals surface area (Å²) in [4.78, 5) is 16.6. The van der Waals surface area contributed by atoms with Crippen molar-refractivity contribution in [1.82, 2.24) is 9.80 Å². The van der Waals surface area contributed by atoms with E-state index in [1.807, 2.05) is 54.6 Å². The van der Waals surface area contributed by atoms with Gasteiger partial charge in [-0.1, -0.05) is 30.3 Å². The smallest absolute Gasteiger partial charge is 0.238 e. The summed E-state index contributed by atoms with van der Waals surface area (Å²) in [6.45, 7) is 4.89. The van der Waals surface area contributed by atoms with Crippen LogP contribution in [0.25, 0.3) is 0 Å². The molecule has 0 radical (unpaired) electrons. The number of nitrogens with one attached hydrogen (secondary N) is 1. The molecule has 1 N–H and O–H groups in total. The van der Waals surface area contributed by atoms with E-state index in [1.165, 1.54) is 0 Å². The Hall–Kier alpha value is -2.08. The molecule has 0 saturated carbocycles. The predicted molar refractivity (Wildman–Crippen MR) is 99.8 cm³/mol. The van der Waals surface area contributed by atoms with Gasteiger partial charge in [0.15, 0.2) is 0 Å². The number of nitrogens with zero attached hydrogens (tertiary/aromatic N) is 2. The number of halogens is 1. The molecule has 0 aromatic heterocycles. The molecular weight excluding hydrogens is 350 g/mol. The fourth-order valence-corrected chi connectivity index (χ4v) is 2.78. The van der Waals surface area contributed by atoms with Crippen molar-refractivity contribution in [3.63, 3.8) is 0 Å². The van der Waals surface area contributed by atoms with Crippen LogP contribution >= 0.6 is 0 Å². The van der Waals surface area contributed by atoms with Crippen LogP contribution in [0.2, 0.25) is 0 Å². The number of ether oxygens (including phenoxy) is 1. The Kier molecular flexibility index (Phi) is 7.91. The van der Waals surface area contributed by atoms with Crippen molar-refractivity contribution >= 4 is 11.6 Å². The quantitative estimate of drug-likeness (QED) is 0.737. The summed E-state index contributed by atoms with van der Waals surface area (Å²) in [5.41, 5.74) is 1.93. The van der Waals surface area contributed by atoms with E-state index in [0.717, 1.165) is 43.2 Å². The zero-order valence-corrected chi connectivity index (χ0v) is 15.8. The van der Waals surface area contributed by atoms with Crippen molar-refractivity contribution in [2.75, 3.05) is 45.1 Å². The van der Waals surface area contributed by atoms with E-state index in [2.05, 4.69) is 22.2 Å². The van der Waals surface area contributed by atoms with Crippen LogP contribution in [-0.4, -0.2) is 55.5 Å².